The van der Waals surface area contributed by atoms with Crippen molar-refractivity contribution in [2.45, 2.75) is 189 Å². The van der Waals surface area contributed by atoms with E-state index in [-0.39, 0.29) is 55.8 Å². The second kappa shape index (κ2) is 17.8. The number of hydrogen-bond donors (Lipinski definition) is 7. The lowest BCUT2D eigenvalue weighted by molar-refractivity contribution is -0.361. The molecule has 0 radical (unpaired) electrons. The van der Waals surface area contributed by atoms with Crippen LogP contribution in [0.2, 0.25) is 0 Å². The average Bonchev–Trinajstić information content (AvgIpc) is 4.30. The molecule has 2 spiro atoms. The molecule has 10 nitrogen and oxygen atoms in total. The maximum Gasteiger partial charge on any atom is 0.331 e. The summed E-state index contributed by atoms with van der Waals surface area (Å²) in [5, 5.41) is 84.4. The Morgan fingerprint density at radius 1 is 0.851 bits per heavy atom. The molecule has 1 aliphatic heterocycles. The molecule has 20 atom stereocenters. The van der Waals surface area contributed by atoms with Gasteiger partial charge in [0.05, 0.1) is 35.9 Å². The number of aliphatic hydroxyl groups excluding tert-OH is 3. The first kappa shape index (κ1) is 50.1. The van der Waals surface area contributed by atoms with Crippen LogP contribution in [0.25, 0.3) is 0 Å². The van der Waals surface area contributed by atoms with Crippen molar-refractivity contribution < 1.29 is 45.0 Å². The SMILES string of the molecule is CNC1Cc2c(cccc2CO)C#CCCC23CCC4C(O)(CC5CC(C(C)C6CCCC6)CCC6C(O)C7(CCC8CC(c9ccccc9)CCC87)CC4(C=O)C56O)C2(O)CC2CC1C1OC(=O)C=C1C23CO. The topological polar surface area (TPSA) is 177 Å². The largest absolute Gasteiger partial charge is 0.454 e. The van der Waals surface area contributed by atoms with Crippen molar-refractivity contribution in [3.05, 3.63) is 82.4 Å². The standard InChI is InChI=1S/C64H83NO9/c1-38(39-11-6-7-12-39)42-18-21-51-57(70)58(25-22-44-27-43(19-20-50(44)58)40-13-4-3-5-14-40)35-59(36-67)54-23-26-60-24-9-8-15-41-16-10-17-45(34-66)48(41)30-53(65-2)49-29-46(61(60,37-68)52-31-55(69)74-56(49)52)33-63(60,72)62(54,71)32-47(28-42)64(51,59)73/h3-5,10,13-14,16-17,31,36,38-39,42-44,46-47,49-51,53-54,56-57,65-66,68,70-73H,6-7,9,11-12,18-30,32-35,37H2,1-2H3. The monoisotopic (exact) mass is 1010 g/mol. The fraction of sp³-hybridized carbons (Fsp3) is 0.719. The third kappa shape index (κ3) is 6.38. The number of rotatable bonds is 7. The molecule has 7 N–H and O–H groups in total. The zero-order chi connectivity index (χ0) is 51.2. The Labute approximate surface area is 438 Å². The van der Waals surface area contributed by atoms with Crippen LogP contribution in [0.3, 0.4) is 0 Å². The lowest BCUT2D eigenvalue weighted by Gasteiger charge is -2.74. The van der Waals surface area contributed by atoms with E-state index in [1.807, 2.05) is 25.2 Å². The van der Waals surface area contributed by atoms with E-state index in [1.54, 1.807) is 6.08 Å². The lowest BCUT2D eigenvalue weighted by Crippen LogP contribution is -2.83. The maximum atomic E-state index is 15.3. The van der Waals surface area contributed by atoms with E-state index >= 15 is 4.79 Å². The van der Waals surface area contributed by atoms with Gasteiger partial charge in [0.15, 0.2) is 0 Å². The van der Waals surface area contributed by atoms with E-state index in [9.17, 15) is 35.4 Å². The minimum Gasteiger partial charge on any atom is -0.454 e. The Hall–Kier alpha value is -3.40. The number of carbonyl (C=O) groups excluding carboxylic acids is 2. The number of carbonyl (C=O) groups is 2. The molecule has 2 aromatic rings. The number of aldehydes is 1. The molecule has 0 aromatic heterocycles. The average molecular weight is 1010 g/mol. The van der Waals surface area contributed by atoms with Crippen LogP contribution < -0.4 is 5.32 Å². The highest BCUT2D eigenvalue weighted by molar-refractivity contribution is 5.87. The van der Waals surface area contributed by atoms with Gasteiger partial charge in [0, 0.05) is 58.1 Å². The number of benzene rings is 2. The van der Waals surface area contributed by atoms with Gasteiger partial charge in [-0.05, 0) is 185 Å². The number of esters is 1. The van der Waals surface area contributed by atoms with E-state index in [0.29, 0.717) is 87.0 Å². The van der Waals surface area contributed by atoms with E-state index in [2.05, 4.69) is 54.4 Å². The molecule has 12 aliphatic rings. The highest BCUT2D eigenvalue weighted by Gasteiger charge is 2.87. The Balaban J connectivity index is 0.978. The van der Waals surface area contributed by atoms with Crippen LogP contribution in [0, 0.1) is 92.7 Å². The van der Waals surface area contributed by atoms with Crippen molar-refractivity contribution in [1.82, 2.24) is 5.32 Å². The van der Waals surface area contributed by atoms with Crippen LogP contribution in [0.15, 0.2) is 60.2 Å². The Kier molecular flexibility index (Phi) is 12.1. The first-order valence-corrected chi connectivity index (χ1v) is 29.5. The van der Waals surface area contributed by atoms with Crippen molar-refractivity contribution in [1.29, 1.82) is 0 Å². The highest BCUT2D eigenvalue weighted by Crippen LogP contribution is 2.82. The molecule has 0 saturated heterocycles. The zero-order valence-corrected chi connectivity index (χ0v) is 44.0. The molecule has 14 rings (SSSR count). The smallest absolute Gasteiger partial charge is 0.331 e. The number of ether oxygens (including phenoxy) is 1. The first-order chi connectivity index (χ1) is 35.7. The molecule has 9 fully saturated rings. The summed E-state index contributed by atoms with van der Waals surface area (Å²) in [6.45, 7) is 1.90. The van der Waals surface area contributed by atoms with Crippen molar-refractivity contribution in [2.24, 2.45) is 80.8 Å². The van der Waals surface area contributed by atoms with Crippen molar-refractivity contribution in [3.63, 3.8) is 0 Å². The molecule has 0 amide bonds. The fourth-order valence-electron chi connectivity index (χ4n) is 22.4. The van der Waals surface area contributed by atoms with Crippen molar-refractivity contribution in [2.75, 3.05) is 13.7 Å². The molecule has 9 saturated carbocycles. The fourth-order valence-corrected chi connectivity index (χ4v) is 22.4. The van der Waals surface area contributed by atoms with Crippen LogP contribution in [0.4, 0.5) is 0 Å². The van der Waals surface area contributed by atoms with E-state index in [4.69, 9.17) is 4.74 Å². The second-order valence-electron chi connectivity index (χ2n) is 27.0. The van der Waals surface area contributed by atoms with Crippen LogP contribution in [-0.4, -0.2) is 91.6 Å². The van der Waals surface area contributed by atoms with Crippen LogP contribution in [0.5, 0.6) is 0 Å². The summed E-state index contributed by atoms with van der Waals surface area (Å²) in [6.07, 6.45) is 15.7. The summed E-state index contributed by atoms with van der Waals surface area (Å²) >= 11 is 0. The Morgan fingerprint density at radius 3 is 2.41 bits per heavy atom. The first-order valence-electron chi connectivity index (χ1n) is 29.5. The highest BCUT2D eigenvalue weighted by atomic mass is 16.5. The summed E-state index contributed by atoms with van der Waals surface area (Å²) in [5.74, 6) is 6.04. The van der Waals surface area contributed by atoms with Gasteiger partial charge in [-0.15, -0.1) is 0 Å². The molecular formula is C64H83NO9. The molecule has 11 aliphatic carbocycles. The molecule has 1 heterocycles. The summed E-state index contributed by atoms with van der Waals surface area (Å²) in [7, 11) is 1.92. The van der Waals surface area contributed by atoms with Gasteiger partial charge in [-0.25, -0.2) is 4.79 Å². The van der Waals surface area contributed by atoms with Crippen LogP contribution in [-0.2, 0) is 27.4 Å². The lowest BCUT2D eigenvalue weighted by atomic mass is 9.32. The minimum absolute atomic E-state index is 0.0919. The minimum atomic E-state index is -1.88. The predicted octanol–water partition coefficient (Wildman–Crippen LogP) is 8.11. The number of nitrogens with one attached hydrogen (secondary N) is 1. The molecule has 398 valence electrons. The van der Waals surface area contributed by atoms with Crippen LogP contribution >= 0.6 is 0 Å². The molecule has 4 bridgehead atoms. The van der Waals surface area contributed by atoms with Crippen molar-refractivity contribution >= 4 is 12.3 Å². The predicted molar refractivity (Wildman–Crippen MR) is 280 cm³/mol. The molecule has 10 heteroatoms. The van der Waals surface area contributed by atoms with Crippen LogP contribution in [0.1, 0.15) is 164 Å². The third-order valence-corrected chi connectivity index (χ3v) is 25.4. The summed E-state index contributed by atoms with van der Waals surface area (Å²) in [6, 6.07) is 16.5. The Morgan fingerprint density at radius 2 is 1.65 bits per heavy atom. The van der Waals surface area contributed by atoms with E-state index in [0.717, 1.165) is 61.5 Å². The van der Waals surface area contributed by atoms with Gasteiger partial charge < -0.3 is 45.5 Å². The van der Waals surface area contributed by atoms with Gasteiger partial charge in [-0.1, -0.05) is 86.9 Å². The number of hydrogen-bond acceptors (Lipinski definition) is 10. The normalized spacial score (nSPS) is 48.4. The number of fused-ring (bicyclic) bond motifs is 8. The van der Waals surface area contributed by atoms with E-state index < -0.39 is 74.4 Å². The maximum absolute atomic E-state index is 15.3. The summed E-state index contributed by atoms with van der Waals surface area (Å²) in [4.78, 5) is 29.3. The van der Waals surface area contributed by atoms with Gasteiger partial charge in [0.2, 0.25) is 0 Å². The van der Waals surface area contributed by atoms with Gasteiger partial charge in [-0.3, -0.25) is 0 Å². The van der Waals surface area contributed by atoms with Gasteiger partial charge in [0.25, 0.3) is 0 Å². The zero-order valence-electron chi connectivity index (χ0n) is 44.0. The molecule has 20 unspecified atom stereocenters. The van der Waals surface area contributed by atoms with E-state index in [1.165, 1.54) is 31.2 Å². The summed E-state index contributed by atoms with van der Waals surface area (Å²) in [5.41, 5.74) is -5.16. The second-order valence-corrected chi connectivity index (χ2v) is 27.0. The quantitative estimate of drug-likeness (QED) is 0.0816. The van der Waals surface area contributed by atoms with Gasteiger partial charge in [0.1, 0.15) is 18.0 Å². The van der Waals surface area contributed by atoms with Crippen molar-refractivity contribution in [3.8, 4) is 11.8 Å². The summed E-state index contributed by atoms with van der Waals surface area (Å²) < 4.78 is 6.39. The van der Waals surface area contributed by atoms with Gasteiger partial charge >= 0.3 is 5.97 Å². The Bertz CT molecular complexity index is 2640. The third-order valence-electron chi connectivity index (χ3n) is 25.4. The molecule has 74 heavy (non-hydrogen) atoms. The number of likely N-dealkylation sites (N-methyl/N-ethyl adjacent to an activating group) is 1. The molecular weight excluding hydrogens is 927 g/mol. The number of aliphatic hydroxyl groups is 6. The van der Waals surface area contributed by atoms with Gasteiger partial charge in [-0.2, -0.15) is 0 Å². The molecule has 2 aromatic carbocycles.